The van der Waals surface area contributed by atoms with Crippen molar-refractivity contribution >= 4 is 6.03 Å². The highest BCUT2D eigenvalue weighted by Gasteiger charge is 2.48. The van der Waals surface area contributed by atoms with Crippen molar-refractivity contribution in [2.24, 2.45) is 11.3 Å². The number of aromatic nitrogens is 1. The van der Waals surface area contributed by atoms with Gasteiger partial charge in [-0.3, -0.25) is 0 Å². The van der Waals surface area contributed by atoms with Gasteiger partial charge in [0.05, 0.1) is 5.69 Å². The van der Waals surface area contributed by atoms with Crippen LogP contribution in [0.25, 0.3) is 0 Å². The minimum Gasteiger partial charge on any atom is -0.486 e. The Morgan fingerprint density at radius 3 is 2.81 bits per heavy atom. The Hall–Kier alpha value is -2.50. The summed E-state index contributed by atoms with van der Waals surface area (Å²) in [7, 11) is 0. The fourth-order valence-corrected chi connectivity index (χ4v) is 3.42. The first-order valence-corrected chi connectivity index (χ1v) is 9.15. The molecule has 1 aromatic carbocycles. The lowest BCUT2D eigenvalue weighted by molar-refractivity contribution is 0.0201. The van der Waals surface area contributed by atoms with E-state index in [1.54, 1.807) is 0 Å². The maximum atomic E-state index is 11.7. The Morgan fingerprint density at radius 2 is 2.12 bits per heavy atom. The van der Waals surface area contributed by atoms with Crippen LogP contribution < -0.4 is 15.4 Å². The van der Waals surface area contributed by atoms with E-state index in [-0.39, 0.29) is 17.5 Å². The van der Waals surface area contributed by atoms with Crippen LogP contribution >= 0.6 is 0 Å². The van der Waals surface area contributed by atoms with Crippen molar-refractivity contribution in [2.45, 2.75) is 46.3 Å². The molecular formula is C20H27N3O3. The standard InChI is InChI=1S/C20H27N3O3/c1-4-21-19(24)22-18-11-14(20(18,2)3)10-15-12-17(26-23-15)13-25-16-8-6-5-7-9-16/h5-9,12,14,18H,4,10-11,13H2,1-3H3,(H2,21,22,24)/t14-,18+/m1/s1. The highest BCUT2D eigenvalue weighted by molar-refractivity contribution is 5.74. The van der Waals surface area contributed by atoms with Gasteiger partial charge in [0.2, 0.25) is 0 Å². The summed E-state index contributed by atoms with van der Waals surface area (Å²) in [5.41, 5.74) is 0.969. The number of hydrogen-bond donors (Lipinski definition) is 2. The van der Waals surface area contributed by atoms with Gasteiger partial charge in [0.15, 0.2) is 5.76 Å². The van der Waals surface area contributed by atoms with Crippen LogP contribution in [0.4, 0.5) is 4.79 Å². The summed E-state index contributed by atoms with van der Waals surface area (Å²) in [6.07, 6.45) is 1.79. The number of nitrogens with zero attached hydrogens (tertiary/aromatic N) is 1. The predicted octanol–water partition coefficient (Wildman–Crippen LogP) is 3.53. The molecule has 26 heavy (non-hydrogen) atoms. The molecule has 1 heterocycles. The summed E-state index contributed by atoms with van der Waals surface area (Å²) < 4.78 is 11.1. The molecule has 0 bridgehead atoms. The molecule has 1 saturated carbocycles. The summed E-state index contributed by atoms with van der Waals surface area (Å²) >= 11 is 0. The molecule has 0 spiro atoms. The van der Waals surface area contributed by atoms with Crippen molar-refractivity contribution < 1.29 is 14.1 Å². The molecule has 1 aliphatic rings. The molecule has 2 amide bonds. The highest BCUT2D eigenvalue weighted by Crippen LogP contribution is 2.47. The van der Waals surface area contributed by atoms with Gasteiger partial charge in [-0.25, -0.2) is 4.79 Å². The van der Waals surface area contributed by atoms with Gasteiger partial charge >= 0.3 is 6.03 Å². The summed E-state index contributed by atoms with van der Waals surface area (Å²) in [5.74, 6) is 1.99. The van der Waals surface area contributed by atoms with E-state index >= 15 is 0 Å². The van der Waals surface area contributed by atoms with Crippen molar-refractivity contribution in [1.82, 2.24) is 15.8 Å². The minimum absolute atomic E-state index is 0.0325. The van der Waals surface area contributed by atoms with Crippen LogP contribution in [0.2, 0.25) is 0 Å². The molecule has 3 rings (SSSR count). The second-order valence-electron chi connectivity index (χ2n) is 7.40. The Kier molecular flexibility index (Phi) is 5.49. The first kappa shape index (κ1) is 18.3. The third kappa shape index (κ3) is 4.18. The summed E-state index contributed by atoms with van der Waals surface area (Å²) in [4.78, 5) is 11.7. The van der Waals surface area contributed by atoms with Crippen LogP contribution in [0.1, 0.15) is 38.6 Å². The molecular weight excluding hydrogens is 330 g/mol. The van der Waals surface area contributed by atoms with E-state index < -0.39 is 0 Å². The lowest BCUT2D eigenvalue weighted by Gasteiger charge is -2.52. The molecule has 1 aromatic heterocycles. The van der Waals surface area contributed by atoms with E-state index in [2.05, 4.69) is 29.6 Å². The van der Waals surface area contributed by atoms with Gasteiger partial charge in [0.25, 0.3) is 0 Å². The molecule has 1 fully saturated rings. The van der Waals surface area contributed by atoms with Gasteiger partial charge in [-0.2, -0.15) is 0 Å². The maximum absolute atomic E-state index is 11.7. The van der Waals surface area contributed by atoms with Crippen molar-refractivity contribution in [3.63, 3.8) is 0 Å². The fraction of sp³-hybridized carbons (Fsp3) is 0.500. The average molecular weight is 357 g/mol. The molecule has 0 saturated heterocycles. The van der Waals surface area contributed by atoms with Gasteiger partial charge in [-0.05, 0) is 43.2 Å². The molecule has 0 unspecified atom stereocenters. The smallest absolute Gasteiger partial charge is 0.315 e. The summed E-state index contributed by atoms with van der Waals surface area (Å²) in [5, 5.41) is 10.0. The molecule has 2 aromatic rings. The van der Waals surface area contributed by atoms with Crippen LogP contribution in [0.15, 0.2) is 40.9 Å². The van der Waals surface area contributed by atoms with Crippen molar-refractivity contribution in [1.29, 1.82) is 0 Å². The number of hydrogen-bond acceptors (Lipinski definition) is 4. The molecule has 1 aliphatic carbocycles. The Labute approximate surface area is 154 Å². The lowest BCUT2D eigenvalue weighted by Crippen LogP contribution is -2.60. The zero-order chi connectivity index (χ0) is 18.6. The molecule has 2 N–H and O–H groups in total. The van der Waals surface area contributed by atoms with Crippen LogP contribution in [0.5, 0.6) is 5.75 Å². The monoisotopic (exact) mass is 357 g/mol. The molecule has 6 nitrogen and oxygen atoms in total. The molecule has 140 valence electrons. The zero-order valence-corrected chi connectivity index (χ0v) is 15.6. The number of amides is 2. The van der Waals surface area contributed by atoms with Crippen molar-refractivity contribution in [3.8, 4) is 5.75 Å². The van der Waals surface area contributed by atoms with E-state index in [1.165, 1.54) is 0 Å². The van der Waals surface area contributed by atoms with E-state index in [1.807, 2.05) is 43.3 Å². The predicted molar refractivity (Wildman–Crippen MR) is 98.9 cm³/mol. The number of benzene rings is 1. The van der Waals surface area contributed by atoms with E-state index in [4.69, 9.17) is 9.26 Å². The number of para-hydroxylation sites is 1. The topological polar surface area (TPSA) is 76.4 Å². The van der Waals surface area contributed by atoms with E-state index in [9.17, 15) is 4.79 Å². The summed E-state index contributed by atoms with van der Waals surface area (Å²) in [6.45, 7) is 7.30. The largest absolute Gasteiger partial charge is 0.486 e. The van der Waals surface area contributed by atoms with Crippen molar-refractivity contribution in [3.05, 3.63) is 47.9 Å². The van der Waals surface area contributed by atoms with Gasteiger partial charge in [-0.1, -0.05) is 37.2 Å². The maximum Gasteiger partial charge on any atom is 0.315 e. The van der Waals surface area contributed by atoms with Crippen LogP contribution in [-0.4, -0.2) is 23.8 Å². The zero-order valence-electron chi connectivity index (χ0n) is 15.6. The Morgan fingerprint density at radius 1 is 1.35 bits per heavy atom. The number of carbonyl (C=O) groups is 1. The average Bonchev–Trinajstić information content (AvgIpc) is 3.08. The Bertz CT molecular complexity index is 727. The minimum atomic E-state index is -0.0918. The Balaban J connectivity index is 1.49. The first-order chi connectivity index (χ1) is 12.5. The third-order valence-corrected chi connectivity index (χ3v) is 5.30. The lowest BCUT2D eigenvalue weighted by atomic mass is 9.57. The number of carbonyl (C=O) groups excluding carboxylic acids is 1. The van der Waals surface area contributed by atoms with Gasteiger partial charge in [0, 0.05) is 18.7 Å². The quantitative estimate of drug-likeness (QED) is 0.795. The van der Waals surface area contributed by atoms with Gasteiger partial charge in [-0.15, -0.1) is 0 Å². The molecule has 0 aliphatic heterocycles. The number of rotatable bonds is 7. The molecule has 2 atom stereocenters. The van der Waals surface area contributed by atoms with Gasteiger partial charge in [0.1, 0.15) is 12.4 Å². The van der Waals surface area contributed by atoms with Crippen LogP contribution in [0.3, 0.4) is 0 Å². The number of urea groups is 1. The van der Waals surface area contributed by atoms with Crippen molar-refractivity contribution in [2.75, 3.05) is 6.54 Å². The van der Waals surface area contributed by atoms with Gasteiger partial charge < -0.3 is 19.9 Å². The highest BCUT2D eigenvalue weighted by atomic mass is 16.5. The van der Waals surface area contributed by atoms with Crippen LogP contribution in [0, 0.1) is 11.3 Å². The summed E-state index contributed by atoms with van der Waals surface area (Å²) in [6, 6.07) is 11.7. The van der Waals surface area contributed by atoms with E-state index in [0.717, 1.165) is 30.0 Å². The second-order valence-corrected chi connectivity index (χ2v) is 7.40. The number of ether oxygens (including phenoxy) is 1. The van der Waals surface area contributed by atoms with Crippen LogP contribution in [-0.2, 0) is 13.0 Å². The normalized spacial score (nSPS) is 20.9. The van der Waals surface area contributed by atoms with E-state index in [0.29, 0.717) is 19.1 Å². The molecule has 6 heteroatoms. The number of nitrogens with one attached hydrogen (secondary N) is 2. The third-order valence-electron chi connectivity index (χ3n) is 5.30. The fourth-order valence-electron chi connectivity index (χ4n) is 3.42. The second kappa shape index (κ2) is 7.81. The molecule has 0 radical (unpaired) electrons. The first-order valence-electron chi connectivity index (χ1n) is 9.15. The SMILES string of the molecule is CCNC(=O)N[C@H]1C[C@@H](Cc2cc(COc3ccccc3)on2)C1(C)C.